The lowest BCUT2D eigenvalue weighted by Crippen LogP contribution is -2.01. The summed E-state index contributed by atoms with van der Waals surface area (Å²) in [6, 6.07) is 5.07. The van der Waals surface area contributed by atoms with E-state index in [1.165, 1.54) is 19.3 Å². The number of rotatable bonds is 6. The van der Waals surface area contributed by atoms with E-state index < -0.39 is 5.97 Å². The van der Waals surface area contributed by atoms with E-state index in [0.717, 1.165) is 12.8 Å². The first kappa shape index (κ1) is 14.1. The van der Waals surface area contributed by atoms with Crippen LogP contribution in [0.2, 0.25) is 0 Å². The Balaban J connectivity index is 2.64. The van der Waals surface area contributed by atoms with Gasteiger partial charge in [0.05, 0.1) is 13.7 Å². The third-order valence-electron chi connectivity index (χ3n) is 2.39. The fraction of sp³-hybridized carbons (Fsp3) is 0.357. The SMILES string of the molecule is CCCCOC(=O)C=Cc1cccc(OC)c1O. The number of unbranched alkanes of at least 4 members (excludes halogenated alkanes) is 1. The van der Waals surface area contributed by atoms with E-state index in [1.54, 1.807) is 18.2 Å². The van der Waals surface area contributed by atoms with Crippen molar-refractivity contribution in [2.75, 3.05) is 13.7 Å². The molecule has 0 saturated heterocycles. The highest BCUT2D eigenvalue weighted by atomic mass is 16.5. The first-order chi connectivity index (χ1) is 8.69. The summed E-state index contributed by atoms with van der Waals surface area (Å²) in [6.45, 7) is 2.45. The van der Waals surface area contributed by atoms with Gasteiger partial charge in [-0.1, -0.05) is 25.5 Å². The van der Waals surface area contributed by atoms with Crippen LogP contribution in [0.4, 0.5) is 0 Å². The number of hydrogen-bond acceptors (Lipinski definition) is 4. The quantitative estimate of drug-likeness (QED) is 0.479. The fourth-order valence-corrected chi connectivity index (χ4v) is 1.36. The van der Waals surface area contributed by atoms with Crippen molar-refractivity contribution in [3.05, 3.63) is 29.8 Å². The minimum atomic E-state index is -0.411. The molecule has 0 saturated carbocycles. The molecule has 0 aliphatic carbocycles. The van der Waals surface area contributed by atoms with Crippen molar-refractivity contribution in [3.8, 4) is 11.5 Å². The molecular weight excluding hydrogens is 232 g/mol. The normalized spacial score (nSPS) is 10.6. The van der Waals surface area contributed by atoms with E-state index in [0.29, 0.717) is 17.9 Å². The number of ether oxygens (including phenoxy) is 2. The Bertz CT molecular complexity index is 424. The topological polar surface area (TPSA) is 55.8 Å². The molecule has 0 bridgehead atoms. The predicted octanol–water partition coefficient (Wildman–Crippen LogP) is 2.76. The van der Waals surface area contributed by atoms with Gasteiger partial charge in [0.1, 0.15) is 0 Å². The lowest BCUT2D eigenvalue weighted by Gasteiger charge is -2.05. The van der Waals surface area contributed by atoms with Crippen LogP contribution in [0.15, 0.2) is 24.3 Å². The van der Waals surface area contributed by atoms with Gasteiger partial charge in [-0.15, -0.1) is 0 Å². The average molecular weight is 250 g/mol. The monoisotopic (exact) mass is 250 g/mol. The fourth-order valence-electron chi connectivity index (χ4n) is 1.36. The molecule has 1 rings (SSSR count). The molecule has 1 aromatic carbocycles. The van der Waals surface area contributed by atoms with Crippen molar-refractivity contribution in [2.45, 2.75) is 19.8 Å². The van der Waals surface area contributed by atoms with E-state index in [4.69, 9.17) is 9.47 Å². The van der Waals surface area contributed by atoms with E-state index in [2.05, 4.69) is 0 Å². The molecule has 0 atom stereocenters. The molecule has 1 aromatic rings. The van der Waals surface area contributed by atoms with Crippen LogP contribution < -0.4 is 4.74 Å². The standard InChI is InChI=1S/C14H18O4/c1-3-4-10-18-13(15)9-8-11-6-5-7-12(17-2)14(11)16/h5-9,16H,3-4,10H2,1-2H3. The van der Waals surface area contributed by atoms with Crippen LogP contribution in [-0.2, 0) is 9.53 Å². The molecule has 0 amide bonds. The highest BCUT2D eigenvalue weighted by Crippen LogP contribution is 2.30. The van der Waals surface area contributed by atoms with Crippen molar-refractivity contribution in [2.24, 2.45) is 0 Å². The highest BCUT2D eigenvalue weighted by Gasteiger charge is 2.05. The Morgan fingerprint density at radius 3 is 2.89 bits per heavy atom. The largest absolute Gasteiger partial charge is 0.504 e. The summed E-state index contributed by atoms with van der Waals surface area (Å²) in [7, 11) is 1.47. The number of phenolic OH excluding ortho intramolecular Hbond substituents is 1. The van der Waals surface area contributed by atoms with Crippen LogP contribution in [0.5, 0.6) is 11.5 Å². The number of phenols is 1. The summed E-state index contributed by atoms with van der Waals surface area (Å²) >= 11 is 0. The number of methoxy groups -OCH3 is 1. The molecule has 0 unspecified atom stereocenters. The zero-order valence-electron chi connectivity index (χ0n) is 10.7. The molecule has 98 valence electrons. The van der Waals surface area contributed by atoms with E-state index >= 15 is 0 Å². The van der Waals surface area contributed by atoms with E-state index in [9.17, 15) is 9.90 Å². The zero-order chi connectivity index (χ0) is 13.4. The van der Waals surface area contributed by atoms with Crippen molar-refractivity contribution in [3.63, 3.8) is 0 Å². The Morgan fingerprint density at radius 1 is 1.44 bits per heavy atom. The Hall–Kier alpha value is -1.97. The van der Waals surface area contributed by atoms with Crippen LogP contribution in [0.25, 0.3) is 6.08 Å². The van der Waals surface area contributed by atoms with Crippen LogP contribution in [0, 0.1) is 0 Å². The van der Waals surface area contributed by atoms with Gasteiger partial charge in [0, 0.05) is 11.6 Å². The number of benzene rings is 1. The summed E-state index contributed by atoms with van der Waals surface area (Å²) in [5, 5.41) is 9.79. The molecule has 0 aliphatic heterocycles. The molecule has 0 spiro atoms. The zero-order valence-corrected chi connectivity index (χ0v) is 10.7. The highest BCUT2D eigenvalue weighted by molar-refractivity contribution is 5.87. The van der Waals surface area contributed by atoms with Gasteiger partial charge in [0.15, 0.2) is 11.5 Å². The molecule has 0 aromatic heterocycles. The molecule has 4 nitrogen and oxygen atoms in total. The maximum atomic E-state index is 11.3. The summed E-state index contributed by atoms with van der Waals surface area (Å²) in [5.74, 6) is -0.0280. The Labute approximate surface area is 107 Å². The van der Waals surface area contributed by atoms with Crippen molar-refractivity contribution < 1.29 is 19.4 Å². The minimum absolute atomic E-state index is 0.0117. The summed E-state index contributed by atoms with van der Waals surface area (Å²) in [6.07, 6.45) is 4.63. The van der Waals surface area contributed by atoms with Gasteiger partial charge in [-0.25, -0.2) is 4.79 Å². The molecule has 0 fully saturated rings. The molecular formula is C14H18O4. The van der Waals surface area contributed by atoms with Crippen molar-refractivity contribution in [1.29, 1.82) is 0 Å². The lowest BCUT2D eigenvalue weighted by atomic mass is 10.1. The Kier molecular flexibility index (Phi) is 5.77. The third-order valence-corrected chi connectivity index (χ3v) is 2.39. The van der Waals surface area contributed by atoms with Crippen LogP contribution >= 0.6 is 0 Å². The van der Waals surface area contributed by atoms with Gasteiger partial charge in [-0.2, -0.15) is 0 Å². The van der Waals surface area contributed by atoms with Crippen LogP contribution in [0.1, 0.15) is 25.3 Å². The van der Waals surface area contributed by atoms with Gasteiger partial charge in [-0.3, -0.25) is 0 Å². The van der Waals surface area contributed by atoms with Gasteiger partial charge in [0.2, 0.25) is 0 Å². The number of carbonyl (C=O) groups is 1. The van der Waals surface area contributed by atoms with Gasteiger partial charge in [-0.05, 0) is 18.6 Å². The second-order valence-electron chi connectivity index (χ2n) is 3.75. The average Bonchev–Trinajstić information content (AvgIpc) is 2.38. The predicted molar refractivity (Wildman–Crippen MR) is 69.6 cm³/mol. The molecule has 18 heavy (non-hydrogen) atoms. The van der Waals surface area contributed by atoms with Gasteiger partial charge in [0.25, 0.3) is 0 Å². The number of aromatic hydroxyl groups is 1. The Morgan fingerprint density at radius 2 is 2.22 bits per heavy atom. The summed E-state index contributed by atoms with van der Waals surface area (Å²) in [4.78, 5) is 11.3. The van der Waals surface area contributed by atoms with Gasteiger partial charge < -0.3 is 14.6 Å². The number of hydrogen-bond donors (Lipinski definition) is 1. The minimum Gasteiger partial charge on any atom is -0.504 e. The smallest absolute Gasteiger partial charge is 0.330 e. The van der Waals surface area contributed by atoms with Crippen molar-refractivity contribution in [1.82, 2.24) is 0 Å². The molecule has 4 heteroatoms. The summed E-state index contributed by atoms with van der Waals surface area (Å²) < 4.78 is 9.93. The third kappa shape index (κ3) is 4.13. The second kappa shape index (κ2) is 7.37. The second-order valence-corrected chi connectivity index (χ2v) is 3.75. The maximum Gasteiger partial charge on any atom is 0.330 e. The first-order valence-electron chi connectivity index (χ1n) is 5.89. The molecule has 1 N–H and O–H groups in total. The van der Waals surface area contributed by atoms with E-state index in [-0.39, 0.29) is 5.75 Å². The number of esters is 1. The number of carbonyl (C=O) groups excluding carboxylic acids is 1. The lowest BCUT2D eigenvalue weighted by molar-refractivity contribution is -0.137. The molecule has 0 radical (unpaired) electrons. The van der Waals surface area contributed by atoms with Crippen LogP contribution in [0.3, 0.4) is 0 Å². The molecule has 0 aliphatic rings. The van der Waals surface area contributed by atoms with E-state index in [1.807, 2.05) is 6.92 Å². The van der Waals surface area contributed by atoms with Crippen LogP contribution in [-0.4, -0.2) is 24.8 Å². The maximum absolute atomic E-state index is 11.3. The number of para-hydroxylation sites is 1. The van der Waals surface area contributed by atoms with Crippen molar-refractivity contribution >= 4 is 12.0 Å². The summed E-state index contributed by atoms with van der Waals surface area (Å²) in [5.41, 5.74) is 0.516. The van der Waals surface area contributed by atoms with Gasteiger partial charge >= 0.3 is 5.97 Å². The molecule has 0 heterocycles. The first-order valence-corrected chi connectivity index (χ1v) is 5.89.